The fourth-order valence-electron chi connectivity index (χ4n) is 1.57. The quantitative estimate of drug-likeness (QED) is 0.896. The zero-order valence-corrected chi connectivity index (χ0v) is 9.91. The molecule has 1 heterocycles. The first-order valence-electron chi connectivity index (χ1n) is 5.59. The molecule has 0 fully saturated rings. The number of aromatic nitrogens is 1. The van der Waals surface area contributed by atoms with Crippen LogP contribution in [0.15, 0.2) is 48.5 Å². The Labute approximate surface area is 105 Å². The Morgan fingerprint density at radius 1 is 1.17 bits per heavy atom. The molecule has 4 nitrogen and oxygen atoms in total. The highest BCUT2D eigenvalue weighted by Gasteiger charge is 2.10. The highest BCUT2D eigenvalue weighted by atomic mass is 16.5. The van der Waals surface area contributed by atoms with Crippen molar-refractivity contribution in [2.24, 2.45) is 0 Å². The number of benzene rings is 1. The van der Waals surface area contributed by atoms with Crippen molar-refractivity contribution in [3.05, 3.63) is 59.8 Å². The van der Waals surface area contributed by atoms with Gasteiger partial charge in [0.1, 0.15) is 6.10 Å². The second-order valence-electron chi connectivity index (χ2n) is 3.84. The maximum atomic E-state index is 10.8. The summed E-state index contributed by atoms with van der Waals surface area (Å²) in [6.07, 6.45) is -0.178. The Morgan fingerprint density at radius 3 is 2.56 bits per heavy atom. The van der Waals surface area contributed by atoms with Crippen LogP contribution in [-0.2, 0) is 0 Å². The van der Waals surface area contributed by atoms with E-state index in [0.29, 0.717) is 5.88 Å². The van der Waals surface area contributed by atoms with Crippen LogP contribution in [0.3, 0.4) is 0 Å². The van der Waals surface area contributed by atoms with Crippen LogP contribution in [0.4, 0.5) is 0 Å². The number of carbonyl (C=O) groups is 1. The molecule has 1 unspecified atom stereocenters. The van der Waals surface area contributed by atoms with Crippen LogP contribution in [0.5, 0.6) is 5.88 Å². The molecule has 0 aliphatic rings. The molecule has 18 heavy (non-hydrogen) atoms. The first-order valence-corrected chi connectivity index (χ1v) is 5.59. The van der Waals surface area contributed by atoms with Crippen LogP contribution in [0.2, 0.25) is 0 Å². The van der Waals surface area contributed by atoms with Crippen molar-refractivity contribution in [1.82, 2.24) is 4.98 Å². The highest BCUT2D eigenvalue weighted by molar-refractivity contribution is 5.85. The van der Waals surface area contributed by atoms with Crippen LogP contribution in [0, 0.1) is 0 Å². The molecule has 0 radical (unpaired) electrons. The van der Waals surface area contributed by atoms with Crippen LogP contribution in [0.25, 0.3) is 0 Å². The molecule has 4 heteroatoms. The van der Waals surface area contributed by atoms with Crippen molar-refractivity contribution < 1.29 is 14.6 Å². The number of rotatable bonds is 4. The van der Waals surface area contributed by atoms with Crippen LogP contribution >= 0.6 is 0 Å². The van der Waals surface area contributed by atoms with E-state index in [2.05, 4.69) is 4.98 Å². The minimum atomic E-state index is -1.06. The summed E-state index contributed by atoms with van der Waals surface area (Å²) < 4.78 is 5.62. The fraction of sp³-hybridized carbons (Fsp3) is 0.143. The monoisotopic (exact) mass is 243 g/mol. The molecule has 0 saturated carbocycles. The number of hydrogen-bond acceptors (Lipinski definition) is 3. The lowest BCUT2D eigenvalue weighted by atomic mass is 10.1. The Hall–Kier alpha value is -2.36. The van der Waals surface area contributed by atoms with Crippen molar-refractivity contribution >= 4 is 5.97 Å². The molecular formula is C14H13NO3. The molecule has 1 aromatic heterocycles. The minimum absolute atomic E-state index is 0.0206. The summed E-state index contributed by atoms with van der Waals surface area (Å²) in [4.78, 5) is 14.7. The first kappa shape index (κ1) is 12.1. The van der Waals surface area contributed by atoms with E-state index in [0.717, 1.165) is 5.56 Å². The number of ether oxygens (including phenoxy) is 1. The third-order valence-electron chi connectivity index (χ3n) is 2.51. The Bertz CT molecular complexity index is 540. The van der Waals surface area contributed by atoms with E-state index in [4.69, 9.17) is 9.84 Å². The van der Waals surface area contributed by atoms with Crippen LogP contribution in [-0.4, -0.2) is 16.1 Å². The van der Waals surface area contributed by atoms with E-state index in [-0.39, 0.29) is 11.8 Å². The normalized spacial score (nSPS) is 11.8. The second-order valence-corrected chi connectivity index (χ2v) is 3.84. The smallest absolute Gasteiger partial charge is 0.354 e. The maximum Gasteiger partial charge on any atom is 0.354 e. The van der Waals surface area contributed by atoms with Gasteiger partial charge in [-0.2, -0.15) is 0 Å². The van der Waals surface area contributed by atoms with Crippen molar-refractivity contribution in [3.8, 4) is 5.88 Å². The SMILES string of the molecule is CC(Oc1cccc(C(=O)O)n1)c1ccccc1. The lowest BCUT2D eigenvalue weighted by molar-refractivity contribution is 0.0688. The fourth-order valence-corrected chi connectivity index (χ4v) is 1.57. The molecule has 1 atom stereocenters. The van der Waals surface area contributed by atoms with Gasteiger partial charge in [0.15, 0.2) is 5.69 Å². The van der Waals surface area contributed by atoms with Crippen molar-refractivity contribution in [1.29, 1.82) is 0 Å². The average molecular weight is 243 g/mol. The van der Waals surface area contributed by atoms with E-state index in [1.165, 1.54) is 6.07 Å². The Morgan fingerprint density at radius 2 is 1.89 bits per heavy atom. The summed E-state index contributed by atoms with van der Waals surface area (Å²) in [5.41, 5.74) is 0.993. The number of hydrogen-bond donors (Lipinski definition) is 1. The molecule has 92 valence electrons. The molecule has 1 aromatic carbocycles. The topological polar surface area (TPSA) is 59.4 Å². The second kappa shape index (κ2) is 5.31. The summed E-state index contributed by atoms with van der Waals surface area (Å²) >= 11 is 0. The lowest BCUT2D eigenvalue weighted by Gasteiger charge is -2.14. The zero-order valence-electron chi connectivity index (χ0n) is 9.91. The van der Waals surface area contributed by atoms with E-state index in [9.17, 15) is 4.79 Å². The predicted molar refractivity (Wildman–Crippen MR) is 66.7 cm³/mol. The molecule has 0 bridgehead atoms. The van der Waals surface area contributed by atoms with Gasteiger partial charge in [-0.1, -0.05) is 36.4 Å². The number of carboxylic acids is 1. The molecule has 2 aromatic rings. The van der Waals surface area contributed by atoms with Gasteiger partial charge < -0.3 is 9.84 Å². The van der Waals surface area contributed by atoms with Crippen LogP contribution < -0.4 is 4.74 Å². The lowest BCUT2D eigenvalue weighted by Crippen LogP contribution is -2.06. The van der Waals surface area contributed by atoms with Gasteiger partial charge in [-0.3, -0.25) is 0 Å². The van der Waals surface area contributed by atoms with E-state index >= 15 is 0 Å². The highest BCUT2D eigenvalue weighted by Crippen LogP contribution is 2.19. The van der Waals surface area contributed by atoms with Gasteiger partial charge >= 0.3 is 5.97 Å². The molecule has 0 saturated heterocycles. The number of aromatic carboxylic acids is 1. The van der Waals surface area contributed by atoms with Gasteiger partial charge in [0.05, 0.1) is 0 Å². The molecular weight excluding hydrogens is 230 g/mol. The van der Waals surface area contributed by atoms with Gasteiger partial charge in [-0.15, -0.1) is 0 Å². The summed E-state index contributed by atoms with van der Waals surface area (Å²) in [5.74, 6) is -0.751. The average Bonchev–Trinajstić information content (AvgIpc) is 2.40. The largest absolute Gasteiger partial charge is 0.477 e. The van der Waals surface area contributed by atoms with Gasteiger partial charge in [-0.05, 0) is 18.6 Å². The van der Waals surface area contributed by atoms with E-state index in [1.807, 2.05) is 37.3 Å². The predicted octanol–water partition coefficient (Wildman–Crippen LogP) is 2.92. The minimum Gasteiger partial charge on any atom is -0.477 e. The third kappa shape index (κ3) is 2.85. The number of pyridine rings is 1. The summed E-state index contributed by atoms with van der Waals surface area (Å²) in [5, 5.41) is 8.84. The van der Waals surface area contributed by atoms with E-state index in [1.54, 1.807) is 12.1 Å². The molecule has 2 rings (SSSR count). The van der Waals surface area contributed by atoms with Gasteiger partial charge in [0, 0.05) is 6.07 Å². The number of nitrogens with zero attached hydrogens (tertiary/aromatic N) is 1. The Kier molecular flexibility index (Phi) is 3.57. The third-order valence-corrected chi connectivity index (χ3v) is 2.51. The van der Waals surface area contributed by atoms with E-state index < -0.39 is 5.97 Å². The molecule has 1 N–H and O–H groups in total. The zero-order chi connectivity index (χ0) is 13.0. The van der Waals surface area contributed by atoms with Gasteiger partial charge in [-0.25, -0.2) is 9.78 Å². The molecule has 0 spiro atoms. The first-order chi connectivity index (χ1) is 8.66. The number of carboxylic acid groups (broad SMARTS) is 1. The maximum absolute atomic E-state index is 10.8. The molecule has 0 aliphatic heterocycles. The summed E-state index contributed by atoms with van der Waals surface area (Å²) in [7, 11) is 0. The summed E-state index contributed by atoms with van der Waals surface area (Å²) in [6.45, 7) is 1.89. The summed E-state index contributed by atoms with van der Waals surface area (Å²) in [6, 6.07) is 14.4. The van der Waals surface area contributed by atoms with Crippen LogP contribution in [0.1, 0.15) is 29.1 Å². The van der Waals surface area contributed by atoms with Crippen molar-refractivity contribution in [2.75, 3.05) is 0 Å². The van der Waals surface area contributed by atoms with Gasteiger partial charge in [0.2, 0.25) is 5.88 Å². The molecule has 0 aliphatic carbocycles. The Balaban J connectivity index is 2.14. The standard InChI is InChI=1S/C14H13NO3/c1-10(11-6-3-2-4-7-11)18-13-9-5-8-12(15-13)14(16)17/h2-10H,1H3,(H,16,17). The van der Waals surface area contributed by atoms with Crippen molar-refractivity contribution in [3.63, 3.8) is 0 Å². The van der Waals surface area contributed by atoms with Crippen molar-refractivity contribution in [2.45, 2.75) is 13.0 Å². The van der Waals surface area contributed by atoms with Gasteiger partial charge in [0.25, 0.3) is 0 Å². The molecule has 0 amide bonds.